The summed E-state index contributed by atoms with van der Waals surface area (Å²) >= 11 is 5.74. The Bertz CT molecular complexity index is 1040. The van der Waals surface area contributed by atoms with Crippen LogP contribution in [0.3, 0.4) is 0 Å². The molecule has 0 saturated carbocycles. The molecule has 0 amide bonds. The summed E-state index contributed by atoms with van der Waals surface area (Å²) in [5.74, 6) is -15.2. The van der Waals surface area contributed by atoms with E-state index in [1.54, 1.807) is 0 Å². The predicted molar refractivity (Wildman–Crippen MR) is 89.0 cm³/mol. The van der Waals surface area contributed by atoms with Gasteiger partial charge in [-0.05, 0) is 23.8 Å². The lowest BCUT2D eigenvalue weighted by atomic mass is 9.95. The van der Waals surface area contributed by atoms with E-state index in [1.807, 2.05) is 0 Å². The summed E-state index contributed by atoms with van der Waals surface area (Å²) in [6, 6.07) is 10.7. The van der Waals surface area contributed by atoms with E-state index in [0.29, 0.717) is 0 Å². The lowest BCUT2D eigenvalue weighted by molar-refractivity contribution is -0.339. The monoisotopic (exact) mass is 423 g/mol. The van der Waals surface area contributed by atoms with Crippen molar-refractivity contribution in [1.29, 1.82) is 0 Å². The highest BCUT2D eigenvalue weighted by Crippen LogP contribution is 2.49. The van der Waals surface area contributed by atoms with Gasteiger partial charge in [-0.15, -0.1) is 0 Å². The van der Waals surface area contributed by atoms with E-state index in [2.05, 4.69) is 4.98 Å². The molecule has 148 valence electrons. The number of halogens is 8. The molecule has 1 N–H and O–H groups in total. The fraction of sp³-hybridized carbons (Fsp3) is 0.167. The molecular formula is C18H9ClF7NO. The first-order chi connectivity index (χ1) is 12.9. The first kappa shape index (κ1) is 20.2. The van der Waals surface area contributed by atoms with E-state index in [1.165, 1.54) is 48.5 Å². The fourth-order valence-corrected chi connectivity index (χ4v) is 2.81. The van der Waals surface area contributed by atoms with Crippen molar-refractivity contribution in [2.24, 2.45) is 0 Å². The van der Waals surface area contributed by atoms with Crippen LogP contribution in [-0.2, 0) is 0 Å². The number of rotatable bonds is 4. The van der Waals surface area contributed by atoms with Crippen LogP contribution in [0.2, 0.25) is 5.02 Å². The van der Waals surface area contributed by atoms with Gasteiger partial charge >= 0.3 is 18.0 Å². The SMILES string of the molecule is O=C(c1c(-c2ccc(Cl)cc2)[nH]c2ccccc12)C(F)(F)C(F)(F)C(F)(F)F. The summed E-state index contributed by atoms with van der Waals surface area (Å²) < 4.78 is 92.5. The van der Waals surface area contributed by atoms with Crippen LogP contribution in [0, 0.1) is 0 Å². The van der Waals surface area contributed by atoms with Crippen molar-refractivity contribution in [1.82, 2.24) is 4.98 Å². The van der Waals surface area contributed by atoms with Crippen molar-refractivity contribution in [2.75, 3.05) is 0 Å². The van der Waals surface area contributed by atoms with Crippen LogP contribution in [0.4, 0.5) is 30.7 Å². The molecule has 3 rings (SSSR count). The van der Waals surface area contributed by atoms with Crippen LogP contribution >= 0.6 is 11.6 Å². The third kappa shape index (κ3) is 3.03. The molecule has 0 radical (unpaired) electrons. The normalized spacial score (nSPS) is 13.1. The van der Waals surface area contributed by atoms with E-state index in [0.717, 1.165) is 0 Å². The number of aromatic amines is 1. The second-order valence-corrected chi connectivity index (χ2v) is 6.34. The second-order valence-electron chi connectivity index (χ2n) is 5.90. The molecule has 1 heterocycles. The van der Waals surface area contributed by atoms with Crippen molar-refractivity contribution in [3.8, 4) is 11.3 Å². The van der Waals surface area contributed by atoms with Crippen molar-refractivity contribution >= 4 is 28.3 Å². The second kappa shape index (κ2) is 6.51. The minimum atomic E-state index is -6.61. The van der Waals surface area contributed by atoms with Gasteiger partial charge in [0, 0.05) is 15.9 Å². The number of hydrogen-bond acceptors (Lipinski definition) is 1. The zero-order chi connectivity index (χ0) is 20.9. The van der Waals surface area contributed by atoms with Crippen LogP contribution in [0.15, 0.2) is 48.5 Å². The summed E-state index contributed by atoms with van der Waals surface area (Å²) in [4.78, 5) is 14.9. The number of nitrogens with one attached hydrogen (secondary N) is 1. The minimum Gasteiger partial charge on any atom is -0.354 e. The molecular weight excluding hydrogens is 415 g/mol. The first-order valence-corrected chi connectivity index (χ1v) is 7.99. The summed E-state index contributed by atoms with van der Waals surface area (Å²) in [7, 11) is 0. The van der Waals surface area contributed by atoms with Crippen LogP contribution < -0.4 is 0 Å². The lowest BCUT2D eigenvalue weighted by Crippen LogP contribution is -2.56. The van der Waals surface area contributed by atoms with Crippen LogP contribution in [0.25, 0.3) is 22.2 Å². The summed E-state index contributed by atoms with van der Waals surface area (Å²) in [5.41, 5.74) is -1.07. The fourth-order valence-electron chi connectivity index (χ4n) is 2.69. The van der Waals surface area contributed by atoms with Crippen LogP contribution in [0.1, 0.15) is 10.4 Å². The van der Waals surface area contributed by atoms with Crippen LogP contribution in [0.5, 0.6) is 0 Å². The Morgan fingerprint density at radius 1 is 0.857 bits per heavy atom. The number of aromatic nitrogens is 1. The molecule has 2 aromatic carbocycles. The number of benzene rings is 2. The number of carbonyl (C=O) groups excluding carboxylic acids is 1. The van der Waals surface area contributed by atoms with Crippen LogP contribution in [-0.4, -0.2) is 28.8 Å². The van der Waals surface area contributed by atoms with Gasteiger partial charge in [-0.2, -0.15) is 30.7 Å². The minimum absolute atomic E-state index is 0.107. The highest BCUT2D eigenvalue weighted by atomic mass is 35.5. The number of alkyl halides is 7. The predicted octanol–water partition coefficient (Wildman–Crippen LogP) is 6.50. The largest absolute Gasteiger partial charge is 0.460 e. The summed E-state index contributed by atoms with van der Waals surface area (Å²) in [6.45, 7) is 0. The Morgan fingerprint density at radius 2 is 1.43 bits per heavy atom. The number of para-hydroxylation sites is 1. The molecule has 0 spiro atoms. The standard InChI is InChI=1S/C18H9ClF7NO/c19-10-7-5-9(6-8-10)14-13(11-3-1-2-4-12(11)27-14)15(28)16(20,21)17(22,23)18(24,25)26/h1-8,27H. The summed E-state index contributed by atoms with van der Waals surface area (Å²) in [5, 5.41) is 0.0526. The molecule has 3 aromatic rings. The number of ketones is 1. The smallest absolute Gasteiger partial charge is 0.354 e. The third-order valence-electron chi connectivity index (χ3n) is 4.10. The van der Waals surface area contributed by atoms with Crippen molar-refractivity contribution < 1.29 is 35.5 Å². The number of H-pyrrole nitrogens is 1. The number of Topliss-reactive ketones (excluding diaryl/α,β-unsaturated/α-hetero) is 1. The van der Waals surface area contributed by atoms with Crippen molar-refractivity contribution in [3.05, 3.63) is 59.1 Å². The molecule has 28 heavy (non-hydrogen) atoms. The maximum Gasteiger partial charge on any atom is 0.460 e. The molecule has 0 aliphatic rings. The van der Waals surface area contributed by atoms with Gasteiger partial charge < -0.3 is 4.98 Å². The molecule has 0 saturated heterocycles. The van der Waals surface area contributed by atoms with Gasteiger partial charge in [0.25, 0.3) is 0 Å². The Labute approximate surface area is 157 Å². The van der Waals surface area contributed by atoms with Gasteiger partial charge in [0.15, 0.2) is 0 Å². The van der Waals surface area contributed by atoms with Gasteiger partial charge in [-0.1, -0.05) is 41.9 Å². The summed E-state index contributed by atoms with van der Waals surface area (Å²) in [6.07, 6.45) is -6.61. The Kier molecular flexibility index (Phi) is 4.69. The van der Waals surface area contributed by atoms with Gasteiger partial charge in [-0.25, -0.2) is 0 Å². The van der Waals surface area contributed by atoms with E-state index >= 15 is 0 Å². The maximum atomic E-state index is 14.1. The molecule has 10 heteroatoms. The highest BCUT2D eigenvalue weighted by molar-refractivity contribution is 6.30. The molecule has 2 nitrogen and oxygen atoms in total. The average molecular weight is 424 g/mol. The zero-order valence-electron chi connectivity index (χ0n) is 13.6. The van der Waals surface area contributed by atoms with Crippen molar-refractivity contribution in [2.45, 2.75) is 18.0 Å². The maximum absolute atomic E-state index is 14.1. The average Bonchev–Trinajstić information content (AvgIpc) is 2.99. The number of fused-ring (bicyclic) bond motifs is 1. The Hall–Kier alpha value is -2.55. The number of hydrogen-bond donors (Lipinski definition) is 1. The van der Waals surface area contributed by atoms with Gasteiger partial charge in [0.2, 0.25) is 5.78 Å². The molecule has 0 atom stereocenters. The van der Waals surface area contributed by atoms with E-state index in [4.69, 9.17) is 11.6 Å². The van der Waals surface area contributed by atoms with Crippen molar-refractivity contribution in [3.63, 3.8) is 0 Å². The Balaban J connectivity index is 2.26. The van der Waals surface area contributed by atoms with E-state index in [-0.39, 0.29) is 27.2 Å². The topological polar surface area (TPSA) is 32.9 Å². The molecule has 0 bridgehead atoms. The zero-order valence-corrected chi connectivity index (χ0v) is 14.3. The van der Waals surface area contributed by atoms with Gasteiger partial charge in [0.1, 0.15) is 0 Å². The lowest BCUT2D eigenvalue weighted by Gasteiger charge is -2.27. The number of carbonyl (C=O) groups is 1. The van der Waals surface area contributed by atoms with Gasteiger partial charge in [0.05, 0.1) is 11.3 Å². The van der Waals surface area contributed by atoms with Gasteiger partial charge in [-0.3, -0.25) is 4.79 Å². The van der Waals surface area contributed by atoms with E-state index in [9.17, 15) is 35.5 Å². The molecule has 1 aromatic heterocycles. The molecule has 0 aliphatic carbocycles. The Morgan fingerprint density at radius 3 is 2.00 bits per heavy atom. The molecule has 0 aliphatic heterocycles. The first-order valence-electron chi connectivity index (χ1n) is 7.61. The molecule has 0 fully saturated rings. The van der Waals surface area contributed by atoms with E-state index < -0.39 is 29.4 Å². The molecule has 0 unspecified atom stereocenters. The quantitative estimate of drug-likeness (QED) is 0.377. The third-order valence-corrected chi connectivity index (χ3v) is 4.35. The highest BCUT2D eigenvalue weighted by Gasteiger charge is 2.76.